The number of allylic oxidation sites excluding steroid dienone is 3. The van der Waals surface area contributed by atoms with Crippen LogP contribution in [-0.2, 0) is 14.9 Å². The van der Waals surface area contributed by atoms with Gasteiger partial charge in [-0.3, -0.25) is 4.79 Å². The molecule has 2 aromatic rings. The summed E-state index contributed by atoms with van der Waals surface area (Å²) in [5, 5.41) is 10.3. The molecule has 204 valence electrons. The molecule has 3 rings (SSSR count). The second kappa shape index (κ2) is 14.6. The molecule has 0 amide bonds. The van der Waals surface area contributed by atoms with E-state index in [1.807, 2.05) is 50.3 Å². The van der Waals surface area contributed by atoms with E-state index in [1.54, 1.807) is 30.3 Å². The van der Waals surface area contributed by atoms with Crippen molar-refractivity contribution in [3.8, 4) is 5.75 Å². The average molecular weight is 519 g/mol. The van der Waals surface area contributed by atoms with Crippen LogP contribution in [0.3, 0.4) is 0 Å². The van der Waals surface area contributed by atoms with Crippen molar-refractivity contribution < 1.29 is 24.2 Å². The molecule has 0 spiro atoms. The molecule has 2 aromatic carbocycles. The molecule has 0 aliphatic heterocycles. The van der Waals surface area contributed by atoms with Gasteiger partial charge in [0.1, 0.15) is 11.2 Å². The summed E-state index contributed by atoms with van der Waals surface area (Å²) < 4.78 is 11.5. The quantitative estimate of drug-likeness (QED) is 0.190. The molecule has 1 aliphatic rings. The summed E-state index contributed by atoms with van der Waals surface area (Å²) in [7, 11) is 0. The molecule has 38 heavy (non-hydrogen) atoms. The predicted molar refractivity (Wildman–Crippen MR) is 153 cm³/mol. The van der Waals surface area contributed by atoms with E-state index in [2.05, 4.69) is 6.92 Å². The van der Waals surface area contributed by atoms with Gasteiger partial charge in [-0.15, -0.1) is 0 Å². The Balaban J connectivity index is 1.68. The number of aliphatic carboxylic acids is 1. The Bertz CT molecular complexity index is 1110. The van der Waals surface area contributed by atoms with Gasteiger partial charge in [-0.1, -0.05) is 101 Å². The lowest BCUT2D eigenvalue weighted by molar-refractivity contribution is -0.141. The lowest BCUT2D eigenvalue weighted by Gasteiger charge is -2.30. The minimum Gasteiger partial charge on any atom is -0.494 e. The van der Waals surface area contributed by atoms with Crippen molar-refractivity contribution in [2.24, 2.45) is 0 Å². The molecule has 0 saturated heterocycles. The Morgan fingerprint density at radius 3 is 2.32 bits per heavy atom. The summed E-state index contributed by atoms with van der Waals surface area (Å²) >= 11 is 0. The number of carboxylic acid groups (broad SMARTS) is 1. The SMILES string of the molecule is CCCCCCCCOc1ccc(C2=CCC(C(=O)O)(c3ccccc3C(=O)OC(C)CCC)C=C2)cc1. The first-order valence-corrected chi connectivity index (χ1v) is 14.1. The Morgan fingerprint density at radius 1 is 0.947 bits per heavy atom. The van der Waals surface area contributed by atoms with E-state index in [1.165, 1.54) is 32.1 Å². The van der Waals surface area contributed by atoms with Crippen LogP contribution < -0.4 is 4.74 Å². The van der Waals surface area contributed by atoms with Crippen LogP contribution in [0.25, 0.3) is 5.57 Å². The molecule has 2 unspecified atom stereocenters. The summed E-state index contributed by atoms with van der Waals surface area (Å²) in [5.74, 6) is -0.640. The van der Waals surface area contributed by atoms with Crippen LogP contribution in [0.2, 0.25) is 0 Å². The largest absolute Gasteiger partial charge is 0.494 e. The highest BCUT2D eigenvalue weighted by atomic mass is 16.5. The highest BCUT2D eigenvalue weighted by molar-refractivity contribution is 5.97. The predicted octanol–water partition coefficient (Wildman–Crippen LogP) is 8.14. The number of benzene rings is 2. The van der Waals surface area contributed by atoms with Crippen LogP contribution in [0.4, 0.5) is 0 Å². The van der Waals surface area contributed by atoms with Crippen LogP contribution >= 0.6 is 0 Å². The van der Waals surface area contributed by atoms with E-state index in [9.17, 15) is 14.7 Å². The lowest BCUT2D eigenvalue weighted by Crippen LogP contribution is -2.36. The van der Waals surface area contributed by atoms with Gasteiger partial charge in [0, 0.05) is 0 Å². The van der Waals surface area contributed by atoms with Crippen LogP contribution in [-0.4, -0.2) is 29.8 Å². The number of ether oxygens (including phenoxy) is 2. The maximum Gasteiger partial charge on any atom is 0.338 e. The number of unbranched alkanes of at least 4 members (excludes halogenated alkanes) is 5. The smallest absolute Gasteiger partial charge is 0.338 e. The molecule has 0 heterocycles. The highest BCUT2D eigenvalue weighted by Gasteiger charge is 2.41. The highest BCUT2D eigenvalue weighted by Crippen LogP contribution is 2.39. The number of hydrogen-bond acceptors (Lipinski definition) is 4. The Morgan fingerprint density at radius 2 is 1.66 bits per heavy atom. The third kappa shape index (κ3) is 7.59. The van der Waals surface area contributed by atoms with E-state index in [0.717, 1.165) is 36.1 Å². The minimum atomic E-state index is -1.34. The monoisotopic (exact) mass is 518 g/mol. The Labute approximate surface area is 227 Å². The van der Waals surface area contributed by atoms with Crippen LogP contribution in [0.5, 0.6) is 5.75 Å². The van der Waals surface area contributed by atoms with E-state index in [4.69, 9.17) is 9.47 Å². The van der Waals surface area contributed by atoms with Gasteiger partial charge in [0.25, 0.3) is 0 Å². The van der Waals surface area contributed by atoms with E-state index in [-0.39, 0.29) is 12.5 Å². The molecule has 2 atom stereocenters. The van der Waals surface area contributed by atoms with Crippen LogP contribution in [0.1, 0.15) is 100 Å². The summed E-state index contributed by atoms with van der Waals surface area (Å²) in [6, 6.07) is 14.8. The molecule has 1 aliphatic carbocycles. The Kier molecular flexibility index (Phi) is 11.2. The van der Waals surface area contributed by atoms with Crippen molar-refractivity contribution >= 4 is 17.5 Å². The van der Waals surface area contributed by atoms with Crippen LogP contribution in [0.15, 0.2) is 66.8 Å². The zero-order chi connectivity index (χ0) is 27.4. The minimum absolute atomic E-state index is 0.229. The van der Waals surface area contributed by atoms with Gasteiger partial charge in [0.2, 0.25) is 0 Å². The first-order valence-electron chi connectivity index (χ1n) is 14.1. The summed E-state index contributed by atoms with van der Waals surface area (Å²) in [6.07, 6.45) is 14.5. The zero-order valence-corrected chi connectivity index (χ0v) is 23.1. The molecule has 5 nitrogen and oxygen atoms in total. The van der Waals surface area contributed by atoms with Gasteiger partial charge in [-0.25, -0.2) is 4.79 Å². The molecule has 0 aromatic heterocycles. The van der Waals surface area contributed by atoms with E-state index < -0.39 is 17.4 Å². The van der Waals surface area contributed by atoms with Crippen molar-refractivity contribution in [2.45, 2.75) is 90.1 Å². The average Bonchev–Trinajstić information content (AvgIpc) is 2.93. The molecule has 0 bridgehead atoms. The standard InChI is InChI=1S/C33H42O5/c1-4-6-7-8-9-12-24-37-28-18-16-26(17-19-28)27-20-22-33(23-21-27,32(35)36)30-15-11-10-14-29(30)31(34)38-25(3)13-5-2/h10-11,14-22,25H,4-9,12-13,23-24H2,1-3H3,(H,35,36). The molecule has 0 radical (unpaired) electrons. The number of carbonyl (C=O) groups excluding carboxylic acids is 1. The number of esters is 1. The van der Waals surface area contributed by atoms with Gasteiger partial charge in [0.15, 0.2) is 0 Å². The van der Waals surface area contributed by atoms with Gasteiger partial charge in [-0.2, -0.15) is 0 Å². The number of rotatable bonds is 15. The van der Waals surface area contributed by atoms with Gasteiger partial charge >= 0.3 is 11.9 Å². The second-order valence-corrected chi connectivity index (χ2v) is 10.2. The normalized spacial score (nSPS) is 17.5. The van der Waals surface area contributed by atoms with Crippen molar-refractivity contribution in [3.63, 3.8) is 0 Å². The zero-order valence-electron chi connectivity index (χ0n) is 23.1. The van der Waals surface area contributed by atoms with Crippen molar-refractivity contribution in [3.05, 3.63) is 83.4 Å². The maximum atomic E-state index is 13.0. The topological polar surface area (TPSA) is 72.8 Å². The number of carbonyl (C=O) groups is 2. The first kappa shape index (κ1) is 29.2. The molecular weight excluding hydrogens is 476 g/mol. The lowest BCUT2D eigenvalue weighted by atomic mass is 9.72. The van der Waals surface area contributed by atoms with Gasteiger partial charge in [-0.05, 0) is 61.1 Å². The molecular formula is C33H42O5. The third-order valence-corrected chi connectivity index (χ3v) is 7.16. The second-order valence-electron chi connectivity index (χ2n) is 10.2. The first-order chi connectivity index (χ1) is 18.4. The fourth-order valence-corrected chi connectivity index (χ4v) is 4.90. The van der Waals surface area contributed by atoms with Crippen molar-refractivity contribution in [1.82, 2.24) is 0 Å². The fraction of sp³-hybridized carbons (Fsp3) is 0.455. The van der Waals surface area contributed by atoms with Crippen molar-refractivity contribution in [2.75, 3.05) is 6.61 Å². The molecule has 1 N–H and O–H groups in total. The number of hydrogen-bond donors (Lipinski definition) is 1. The van der Waals surface area contributed by atoms with Gasteiger partial charge in [0.05, 0.1) is 18.3 Å². The van der Waals surface area contributed by atoms with Crippen molar-refractivity contribution in [1.29, 1.82) is 0 Å². The fourth-order valence-electron chi connectivity index (χ4n) is 4.90. The van der Waals surface area contributed by atoms with E-state index in [0.29, 0.717) is 17.7 Å². The van der Waals surface area contributed by atoms with Crippen LogP contribution in [0, 0.1) is 0 Å². The summed E-state index contributed by atoms with van der Waals surface area (Å²) in [5.41, 5.74) is 1.35. The number of carboxylic acids is 1. The maximum absolute atomic E-state index is 13.0. The van der Waals surface area contributed by atoms with Gasteiger partial charge < -0.3 is 14.6 Å². The van der Waals surface area contributed by atoms with E-state index >= 15 is 0 Å². The molecule has 0 fully saturated rings. The summed E-state index contributed by atoms with van der Waals surface area (Å²) in [6.45, 7) is 6.83. The Hall–Kier alpha value is -3.34. The molecule has 5 heteroatoms. The molecule has 0 saturated carbocycles. The summed E-state index contributed by atoms with van der Waals surface area (Å²) in [4.78, 5) is 25.6. The third-order valence-electron chi connectivity index (χ3n) is 7.16.